The Bertz CT molecular complexity index is 1130. The van der Waals surface area contributed by atoms with Crippen LogP contribution in [0.15, 0.2) is 60.3 Å². The summed E-state index contributed by atoms with van der Waals surface area (Å²) in [7, 11) is 0. The van der Waals surface area contributed by atoms with Gasteiger partial charge in [0.05, 0.1) is 5.41 Å². The highest BCUT2D eigenvalue weighted by molar-refractivity contribution is 6.03. The van der Waals surface area contributed by atoms with E-state index < -0.39 is 0 Å². The molecule has 0 bridgehead atoms. The molecule has 162 valence electrons. The molecule has 0 unspecified atom stereocenters. The van der Waals surface area contributed by atoms with Gasteiger partial charge in [-0.3, -0.25) is 0 Å². The van der Waals surface area contributed by atoms with E-state index in [4.69, 9.17) is 11.5 Å². The third kappa shape index (κ3) is 3.16. The summed E-state index contributed by atoms with van der Waals surface area (Å²) in [6.07, 6.45) is 6.76. The molecule has 31 heavy (non-hydrogen) atoms. The van der Waals surface area contributed by atoms with Gasteiger partial charge in [0.15, 0.2) is 5.71 Å². The third-order valence-electron chi connectivity index (χ3n) is 6.97. The first-order valence-corrected chi connectivity index (χ1v) is 11.2. The standard InChI is InChI=1S/C27H35N4/c1-7-30-22-14-12-18(28)16-20(22)26(3,4)24(30)10-9-11-25-27(5,6)21-17-19(29)13-15-23(21)31(25)8-2/h9-17H,7-8,28-29H2,1-6H3/q+1. The van der Waals surface area contributed by atoms with Gasteiger partial charge in [0, 0.05) is 52.4 Å². The van der Waals surface area contributed by atoms with Gasteiger partial charge in [-0.15, -0.1) is 0 Å². The van der Waals surface area contributed by atoms with E-state index in [1.54, 1.807) is 0 Å². The second kappa shape index (κ2) is 7.30. The van der Waals surface area contributed by atoms with Crippen LogP contribution in [0.25, 0.3) is 0 Å². The molecule has 2 aliphatic rings. The number of nitrogens with two attached hydrogens (primary N) is 2. The predicted octanol–water partition coefficient (Wildman–Crippen LogP) is 5.50. The fourth-order valence-corrected chi connectivity index (χ4v) is 5.30. The number of nitrogen functional groups attached to an aromatic ring is 2. The normalized spacial score (nSPS) is 20.1. The molecule has 0 amide bonds. The lowest BCUT2D eigenvalue weighted by Crippen LogP contribution is -2.28. The van der Waals surface area contributed by atoms with Gasteiger partial charge in [-0.1, -0.05) is 19.9 Å². The number of nitrogens with zero attached hydrogens (tertiary/aromatic N) is 2. The van der Waals surface area contributed by atoms with Crippen molar-refractivity contribution in [2.45, 2.75) is 52.4 Å². The van der Waals surface area contributed by atoms with E-state index >= 15 is 0 Å². The van der Waals surface area contributed by atoms with Crippen molar-refractivity contribution in [3.8, 4) is 0 Å². The molecule has 2 aromatic rings. The fraction of sp³-hybridized carbons (Fsp3) is 0.370. The van der Waals surface area contributed by atoms with E-state index in [1.807, 2.05) is 12.1 Å². The number of hydrogen-bond acceptors (Lipinski definition) is 3. The molecular weight excluding hydrogens is 380 g/mol. The van der Waals surface area contributed by atoms with E-state index in [9.17, 15) is 0 Å². The van der Waals surface area contributed by atoms with Crippen LogP contribution in [-0.2, 0) is 10.8 Å². The lowest BCUT2D eigenvalue weighted by molar-refractivity contribution is -0.433. The molecule has 0 aromatic heterocycles. The Morgan fingerprint density at radius 1 is 0.903 bits per heavy atom. The molecule has 0 atom stereocenters. The number of hydrogen-bond donors (Lipinski definition) is 2. The van der Waals surface area contributed by atoms with Gasteiger partial charge in [0.1, 0.15) is 6.54 Å². The molecule has 0 spiro atoms. The molecule has 0 radical (unpaired) electrons. The molecule has 4 rings (SSSR count). The molecule has 2 heterocycles. The van der Waals surface area contributed by atoms with E-state index in [0.29, 0.717) is 0 Å². The van der Waals surface area contributed by atoms with E-state index in [1.165, 1.54) is 33.9 Å². The lowest BCUT2D eigenvalue weighted by Gasteiger charge is -2.25. The minimum atomic E-state index is -0.0945. The number of fused-ring (bicyclic) bond motifs is 2. The Labute approximate surface area is 186 Å². The number of allylic oxidation sites excluding steroid dienone is 4. The minimum Gasteiger partial charge on any atom is -0.399 e. The molecule has 0 aliphatic carbocycles. The highest BCUT2D eigenvalue weighted by Crippen LogP contribution is 2.48. The third-order valence-corrected chi connectivity index (χ3v) is 6.97. The highest BCUT2D eigenvalue weighted by atomic mass is 15.2. The molecule has 4 N–H and O–H groups in total. The second-order valence-electron chi connectivity index (χ2n) is 9.59. The van der Waals surface area contributed by atoms with Crippen LogP contribution in [0.3, 0.4) is 0 Å². The molecule has 2 aliphatic heterocycles. The Hall–Kier alpha value is -3.01. The van der Waals surface area contributed by atoms with Crippen molar-refractivity contribution < 1.29 is 4.58 Å². The summed E-state index contributed by atoms with van der Waals surface area (Å²) in [5, 5.41) is 0. The van der Waals surface area contributed by atoms with Crippen molar-refractivity contribution >= 4 is 28.5 Å². The van der Waals surface area contributed by atoms with Crippen LogP contribution < -0.4 is 16.4 Å². The average molecular weight is 416 g/mol. The van der Waals surface area contributed by atoms with E-state index in [2.05, 4.69) is 93.5 Å². The number of benzene rings is 2. The maximum atomic E-state index is 6.11. The topological polar surface area (TPSA) is 58.3 Å². The molecule has 2 aromatic carbocycles. The summed E-state index contributed by atoms with van der Waals surface area (Å²) >= 11 is 0. The number of rotatable bonds is 4. The summed E-state index contributed by atoms with van der Waals surface area (Å²) in [5.74, 6) is 0. The van der Waals surface area contributed by atoms with Gasteiger partial charge in [-0.25, -0.2) is 0 Å². The van der Waals surface area contributed by atoms with Crippen LogP contribution in [0.2, 0.25) is 0 Å². The van der Waals surface area contributed by atoms with Crippen LogP contribution in [0, 0.1) is 0 Å². The summed E-state index contributed by atoms with van der Waals surface area (Å²) in [5.41, 5.74) is 21.4. The van der Waals surface area contributed by atoms with Gasteiger partial charge < -0.3 is 16.4 Å². The first kappa shape index (κ1) is 21.2. The molecule has 4 nitrogen and oxygen atoms in total. The quantitative estimate of drug-likeness (QED) is 0.512. The van der Waals surface area contributed by atoms with E-state index in [0.717, 1.165) is 24.5 Å². The summed E-state index contributed by atoms with van der Waals surface area (Å²) in [6, 6.07) is 12.5. The molecule has 4 heteroatoms. The SMILES string of the molecule is CCN1/C(=C/C=C/C2=[N+](CC)c3ccc(N)cc3C2(C)C)C(C)(C)c2cc(N)ccc21. The van der Waals surface area contributed by atoms with Crippen molar-refractivity contribution in [2.75, 3.05) is 29.5 Å². The summed E-state index contributed by atoms with van der Waals surface area (Å²) < 4.78 is 2.40. The van der Waals surface area contributed by atoms with Crippen LogP contribution in [0.5, 0.6) is 0 Å². The summed E-state index contributed by atoms with van der Waals surface area (Å²) in [4.78, 5) is 2.40. The smallest absolute Gasteiger partial charge is 0.209 e. The minimum absolute atomic E-state index is 0.0945. The Kier molecular flexibility index (Phi) is 5.00. The number of likely N-dealkylation sites (N-methyl/N-ethyl adjacent to an activating group) is 1. The molecule has 0 fully saturated rings. The predicted molar refractivity (Wildman–Crippen MR) is 133 cm³/mol. The van der Waals surface area contributed by atoms with Crippen molar-refractivity contribution in [3.63, 3.8) is 0 Å². The van der Waals surface area contributed by atoms with Crippen LogP contribution in [0.1, 0.15) is 52.7 Å². The zero-order chi connectivity index (χ0) is 22.6. The lowest BCUT2D eigenvalue weighted by atomic mass is 9.81. The van der Waals surface area contributed by atoms with E-state index in [-0.39, 0.29) is 10.8 Å². The first-order valence-electron chi connectivity index (χ1n) is 11.2. The molecular formula is C27H35N4+. The second-order valence-corrected chi connectivity index (χ2v) is 9.59. The van der Waals surface area contributed by atoms with Gasteiger partial charge in [0.2, 0.25) is 5.69 Å². The van der Waals surface area contributed by atoms with Crippen molar-refractivity contribution in [3.05, 3.63) is 71.5 Å². The monoisotopic (exact) mass is 415 g/mol. The Morgan fingerprint density at radius 2 is 1.55 bits per heavy atom. The fourth-order valence-electron chi connectivity index (χ4n) is 5.30. The van der Waals surface area contributed by atoms with Gasteiger partial charge in [-0.2, -0.15) is 4.58 Å². The first-order chi connectivity index (χ1) is 14.6. The molecule has 0 saturated carbocycles. The van der Waals surface area contributed by atoms with Crippen LogP contribution in [0.4, 0.5) is 22.7 Å². The zero-order valence-electron chi connectivity index (χ0n) is 19.7. The molecule has 0 saturated heterocycles. The van der Waals surface area contributed by atoms with Crippen LogP contribution >= 0.6 is 0 Å². The van der Waals surface area contributed by atoms with Crippen LogP contribution in [-0.4, -0.2) is 23.4 Å². The van der Waals surface area contributed by atoms with Gasteiger partial charge >= 0.3 is 0 Å². The maximum Gasteiger partial charge on any atom is 0.209 e. The van der Waals surface area contributed by atoms with Gasteiger partial charge in [0.25, 0.3) is 0 Å². The highest BCUT2D eigenvalue weighted by Gasteiger charge is 2.44. The summed E-state index contributed by atoms with van der Waals surface area (Å²) in [6.45, 7) is 15.4. The van der Waals surface area contributed by atoms with Crippen molar-refractivity contribution in [2.24, 2.45) is 0 Å². The van der Waals surface area contributed by atoms with Crippen molar-refractivity contribution in [1.82, 2.24) is 0 Å². The Balaban J connectivity index is 1.75. The zero-order valence-corrected chi connectivity index (χ0v) is 19.7. The van der Waals surface area contributed by atoms with Gasteiger partial charge in [-0.05, 0) is 69.7 Å². The van der Waals surface area contributed by atoms with Crippen molar-refractivity contribution in [1.29, 1.82) is 0 Å². The number of anilines is 3. The largest absolute Gasteiger partial charge is 0.399 e. The average Bonchev–Trinajstić information content (AvgIpc) is 3.06. The Morgan fingerprint density at radius 3 is 2.19 bits per heavy atom. The maximum absolute atomic E-state index is 6.11.